The molecular weight excluding hydrogens is 254 g/mol. The topological polar surface area (TPSA) is 66.4 Å². The fraction of sp³-hybridized carbons (Fsp3) is 0.500. The predicted molar refractivity (Wildman–Crippen MR) is 77.8 cm³/mol. The van der Waals surface area contributed by atoms with Crippen molar-refractivity contribution in [2.45, 2.75) is 34.6 Å². The highest BCUT2D eigenvalue weighted by molar-refractivity contribution is 6.03. The third kappa shape index (κ3) is 1.99. The van der Waals surface area contributed by atoms with E-state index in [0.29, 0.717) is 11.3 Å². The van der Waals surface area contributed by atoms with Gasteiger partial charge >= 0.3 is 5.97 Å². The van der Waals surface area contributed by atoms with Crippen LogP contribution in [0.3, 0.4) is 0 Å². The molecule has 0 atom stereocenters. The molecule has 1 amide bonds. The number of carbonyl (C=O) groups is 2. The number of carbonyl (C=O) groups excluding carboxylic acids is 1. The molecule has 1 aromatic rings. The Morgan fingerprint density at radius 2 is 1.70 bits per heavy atom. The summed E-state index contributed by atoms with van der Waals surface area (Å²) in [7, 11) is 0. The maximum atomic E-state index is 12.4. The van der Waals surface area contributed by atoms with E-state index in [2.05, 4.69) is 33.0 Å². The van der Waals surface area contributed by atoms with Gasteiger partial charge in [-0.1, -0.05) is 39.8 Å². The summed E-state index contributed by atoms with van der Waals surface area (Å²) in [4.78, 5) is 23.7. The zero-order chi connectivity index (χ0) is 15.3. The molecule has 0 spiro atoms. The van der Waals surface area contributed by atoms with Crippen molar-refractivity contribution in [3.8, 4) is 0 Å². The third-order valence-corrected chi connectivity index (χ3v) is 5.03. The van der Waals surface area contributed by atoms with Crippen LogP contribution in [0.2, 0.25) is 0 Å². The van der Waals surface area contributed by atoms with E-state index in [-0.39, 0.29) is 28.2 Å². The van der Waals surface area contributed by atoms with E-state index in [1.54, 1.807) is 25.1 Å². The summed E-state index contributed by atoms with van der Waals surface area (Å²) >= 11 is 0. The van der Waals surface area contributed by atoms with Crippen LogP contribution >= 0.6 is 0 Å². The molecule has 1 saturated carbocycles. The zero-order valence-corrected chi connectivity index (χ0v) is 12.6. The smallest absolute Gasteiger partial charge is 0.338 e. The number of carboxylic acid groups (broad SMARTS) is 1. The standard InChI is InChI=1S/C16H21NO3/c1-9-7-6-8-10(11(9)14(19)20)17-13(18)12-15(2,3)16(12,4)5/h6-8,12H,1-5H3,(H,17,18)(H,19,20). The van der Waals surface area contributed by atoms with Crippen molar-refractivity contribution >= 4 is 17.6 Å². The van der Waals surface area contributed by atoms with Gasteiger partial charge in [-0.3, -0.25) is 4.79 Å². The predicted octanol–water partition coefficient (Wildman–Crippen LogP) is 3.31. The highest BCUT2D eigenvalue weighted by Gasteiger charge is 2.68. The largest absolute Gasteiger partial charge is 0.478 e. The number of aromatic carboxylic acids is 1. The number of hydrogen-bond acceptors (Lipinski definition) is 2. The van der Waals surface area contributed by atoms with E-state index in [9.17, 15) is 14.7 Å². The average molecular weight is 275 g/mol. The first kappa shape index (κ1) is 14.6. The Bertz CT molecular complexity index is 573. The maximum Gasteiger partial charge on any atom is 0.338 e. The molecule has 4 heteroatoms. The molecule has 1 aliphatic carbocycles. The summed E-state index contributed by atoms with van der Waals surface area (Å²) in [5.41, 5.74) is 1.05. The van der Waals surface area contributed by atoms with Gasteiger partial charge in [0.25, 0.3) is 0 Å². The van der Waals surface area contributed by atoms with Gasteiger partial charge in [0.1, 0.15) is 0 Å². The highest BCUT2D eigenvalue weighted by atomic mass is 16.4. The summed E-state index contributed by atoms with van der Waals surface area (Å²) in [5.74, 6) is -1.22. The molecule has 0 radical (unpaired) electrons. The quantitative estimate of drug-likeness (QED) is 0.889. The number of amides is 1. The summed E-state index contributed by atoms with van der Waals surface area (Å²) in [5, 5.41) is 12.1. The summed E-state index contributed by atoms with van der Waals surface area (Å²) in [6.07, 6.45) is 0. The zero-order valence-electron chi connectivity index (χ0n) is 12.6. The van der Waals surface area contributed by atoms with Crippen LogP contribution in [0.25, 0.3) is 0 Å². The van der Waals surface area contributed by atoms with E-state index >= 15 is 0 Å². The maximum absolute atomic E-state index is 12.4. The number of benzene rings is 1. The van der Waals surface area contributed by atoms with Gasteiger partial charge in [0.15, 0.2) is 0 Å². The van der Waals surface area contributed by atoms with Crippen LogP contribution < -0.4 is 5.32 Å². The van der Waals surface area contributed by atoms with E-state index in [1.807, 2.05) is 0 Å². The Kier molecular flexibility index (Phi) is 3.16. The lowest BCUT2D eigenvalue weighted by molar-refractivity contribution is -0.118. The second kappa shape index (κ2) is 4.33. The van der Waals surface area contributed by atoms with Crippen LogP contribution in [0.1, 0.15) is 43.6 Å². The lowest BCUT2D eigenvalue weighted by Crippen LogP contribution is -2.20. The van der Waals surface area contributed by atoms with Gasteiger partial charge in [-0.25, -0.2) is 4.79 Å². The third-order valence-electron chi connectivity index (χ3n) is 5.03. The van der Waals surface area contributed by atoms with E-state index in [1.165, 1.54) is 0 Å². The monoisotopic (exact) mass is 275 g/mol. The first-order valence-corrected chi connectivity index (χ1v) is 6.74. The minimum Gasteiger partial charge on any atom is -0.478 e. The number of hydrogen-bond donors (Lipinski definition) is 2. The van der Waals surface area contributed by atoms with Gasteiger partial charge in [0.2, 0.25) is 5.91 Å². The van der Waals surface area contributed by atoms with Gasteiger partial charge in [-0.2, -0.15) is 0 Å². The molecule has 1 fully saturated rings. The van der Waals surface area contributed by atoms with Crippen molar-refractivity contribution < 1.29 is 14.7 Å². The molecule has 20 heavy (non-hydrogen) atoms. The molecule has 1 aromatic carbocycles. The van der Waals surface area contributed by atoms with Crippen molar-refractivity contribution in [3.63, 3.8) is 0 Å². The van der Waals surface area contributed by atoms with Crippen molar-refractivity contribution in [2.75, 3.05) is 5.32 Å². The molecule has 108 valence electrons. The summed E-state index contributed by atoms with van der Waals surface area (Å²) in [6, 6.07) is 5.11. The number of carboxylic acids is 1. The Morgan fingerprint density at radius 1 is 1.15 bits per heavy atom. The van der Waals surface area contributed by atoms with E-state index in [0.717, 1.165) is 0 Å². The van der Waals surface area contributed by atoms with Crippen molar-refractivity contribution in [3.05, 3.63) is 29.3 Å². The number of nitrogens with one attached hydrogen (secondary N) is 1. The molecule has 0 heterocycles. The SMILES string of the molecule is Cc1cccc(NC(=O)C2C(C)(C)C2(C)C)c1C(=O)O. The van der Waals surface area contributed by atoms with E-state index in [4.69, 9.17) is 0 Å². The van der Waals surface area contributed by atoms with Gasteiger partial charge in [-0.05, 0) is 29.4 Å². The molecule has 0 bridgehead atoms. The lowest BCUT2D eigenvalue weighted by Gasteiger charge is -2.11. The number of aryl methyl sites for hydroxylation is 1. The summed E-state index contributed by atoms with van der Waals surface area (Å²) < 4.78 is 0. The molecule has 4 nitrogen and oxygen atoms in total. The molecule has 0 aromatic heterocycles. The fourth-order valence-electron chi connectivity index (χ4n) is 3.11. The summed E-state index contributed by atoms with van der Waals surface area (Å²) in [6.45, 7) is 9.97. The molecular formula is C16H21NO3. The van der Waals surface area contributed by atoms with Crippen molar-refractivity contribution in [1.82, 2.24) is 0 Å². The van der Waals surface area contributed by atoms with Gasteiger partial charge in [-0.15, -0.1) is 0 Å². The molecule has 2 rings (SSSR count). The Hall–Kier alpha value is -1.84. The normalized spacial score (nSPS) is 19.4. The van der Waals surface area contributed by atoms with Gasteiger partial charge < -0.3 is 10.4 Å². The number of anilines is 1. The Balaban J connectivity index is 2.27. The van der Waals surface area contributed by atoms with Crippen LogP contribution in [-0.4, -0.2) is 17.0 Å². The molecule has 2 N–H and O–H groups in total. The van der Waals surface area contributed by atoms with Gasteiger partial charge in [0, 0.05) is 5.92 Å². The van der Waals surface area contributed by atoms with E-state index < -0.39 is 5.97 Å². The highest BCUT2D eigenvalue weighted by Crippen LogP contribution is 2.68. The van der Waals surface area contributed by atoms with Crippen LogP contribution in [0.5, 0.6) is 0 Å². The minimum absolute atomic E-state index is 0.0652. The minimum atomic E-state index is -1.02. The first-order valence-electron chi connectivity index (χ1n) is 6.74. The van der Waals surface area contributed by atoms with Crippen LogP contribution in [0.4, 0.5) is 5.69 Å². The average Bonchev–Trinajstić information content (AvgIpc) is 2.68. The first-order chi connectivity index (χ1) is 9.10. The Morgan fingerprint density at radius 3 is 2.15 bits per heavy atom. The molecule has 0 saturated heterocycles. The second-order valence-corrected chi connectivity index (χ2v) is 6.67. The number of rotatable bonds is 3. The second-order valence-electron chi connectivity index (χ2n) is 6.67. The van der Waals surface area contributed by atoms with Gasteiger partial charge in [0.05, 0.1) is 11.3 Å². The fourth-order valence-corrected chi connectivity index (χ4v) is 3.11. The Labute approximate surface area is 119 Å². The lowest BCUT2D eigenvalue weighted by atomic mass is 10.0. The van der Waals surface area contributed by atoms with Crippen molar-refractivity contribution in [2.24, 2.45) is 16.7 Å². The molecule has 0 aliphatic heterocycles. The molecule has 0 unspecified atom stereocenters. The van der Waals surface area contributed by atoms with Crippen LogP contribution in [0.15, 0.2) is 18.2 Å². The van der Waals surface area contributed by atoms with Crippen molar-refractivity contribution in [1.29, 1.82) is 0 Å². The molecule has 1 aliphatic rings. The van der Waals surface area contributed by atoms with Crippen LogP contribution in [-0.2, 0) is 4.79 Å². The van der Waals surface area contributed by atoms with Crippen LogP contribution in [0, 0.1) is 23.7 Å².